The lowest BCUT2D eigenvalue weighted by Gasteiger charge is -2.22. The lowest BCUT2D eigenvalue weighted by molar-refractivity contribution is -0.137. The average Bonchev–Trinajstić information content (AvgIpc) is 3.02. The van der Waals surface area contributed by atoms with Crippen molar-refractivity contribution in [1.29, 1.82) is 5.26 Å². The van der Waals surface area contributed by atoms with Gasteiger partial charge in [0.15, 0.2) is 5.78 Å². The van der Waals surface area contributed by atoms with Gasteiger partial charge in [-0.25, -0.2) is 0 Å². The molecule has 0 aliphatic carbocycles. The Balaban J connectivity index is 1.86. The minimum atomic E-state index is -4.44. The molecule has 0 aromatic heterocycles. The second-order valence-electron chi connectivity index (χ2n) is 7.22. The van der Waals surface area contributed by atoms with E-state index in [2.05, 4.69) is 6.07 Å². The monoisotopic (exact) mass is 406 g/mol. The predicted octanol–water partition coefficient (Wildman–Crippen LogP) is 4.84. The van der Waals surface area contributed by atoms with Gasteiger partial charge in [0.1, 0.15) is 0 Å². The second-order valence-corrected chi connectivity index (χ2v) is 7.22. The Morgan fingerprint density at radius 3 is 2.72 bits per heavy atom. The number of halogens is 3. The van der Waals surface area contributed by atoms with E-state index in [1.165, 1.54) is 18.2 Å². The van der Waals surface area contributed by atoms with Crippen LogP contribution < -0.4 is 0 Å². The van der Waals surface area contributed by atoms with E-state index >= 15 is 0 Å². The van der Waals surface area contributed by atoms with Crippen LogP contribution in [-0.2, 0) is 22.2 Å². The highest BCUT2D eigenvalue weighted by Gasteiger charge is 2.30. The number of rotatable bonds is 10. The highest BCUT2D eigenvalue weighted by atomic mass is 19.4. The number of unbranched alkanes of at least 4 members (excludes halogenated alkanes) is 4. The van der Waals surface area contributed by atoms with Crippen molar-refractivity contribution in [2.75, 3.05) is 6.54 Å². The first-order valence-corrected chi connectivity index (χ1v) is 9.85. The molecule has 1 atom stereocenters. The second kappa shape index (κ2) is 10.8. The molecule has 1 heterocycles. The number of ketones is 1. The van der Waals surface area contributed by atoms with Gasteiger partial charge in [0.2, 0.25) is 5.91 Å². The number of alkyl halides is 3. The molecule has 29 heavy (non-hydrogen) atoms. The summed E-state index contributed by atoms with van der Waals surface area (Å²) in [6, 6.07) is 6.72. The molecular formula is C22H25F3N2O2. The van der Waals surface area contributed by atoms with Crippen LogP contribution in [0, 0.1) is 11.3 Å². The quantitative estimate of drug-likeness (QED) is 0.413. The summed E-state index contributed by atoms with van der Waals surface area (Å²) >= 11 is 0. The topological polar surface area (TPSA) is 61.2 Å². The fourth-order valence-electron chi connectivity index (χ4n) is 3.42. The van der Waals surface area contributed by atoms with Crippen LogP contribution in [0.3, 0.4) is 0 Å². The molecule has 4 nitrogen and oxygen atoms in total. The van der Waals surface area contributed by atoms with Gasteiger partial charge in [-0.3, -0.25) is 9.59 Å². The molecule has 1 aromatic carbocycles. The molecule has 1 fully saturated rings. The number of likely N-dealkylation sites (tertiary alicyclic amines) is 1. The summed E-state index contributed by atoms with van der Waals surface area (Å²) in [7, 11) is 0. The molecule has 1 unspecified atom stereocenters. The van der Waals surface area contributed by atoms with E-state index in [4.69, 9.17) is 5.26 Å². The standard InChI is InChI=1S/C22H25F3N2O2/c23-22(24,25)18-8-6-7-17(15-18)16-20(28)11-9-19-10-12-21(29)27(19)14-5-3-1-2-4-13-26/h6-9,11,15,19H,1-5,10,12,14,16H2/b11-9+. The summed E-state index contributed by atoms with van der Waals surface area (Å²) in [6.45, 7) is 0.613. The molecule has 0 radical (unpaired) electrons. The van der Waals surface area contributed by atoms with Crippen LogP contribution in [0.2, 0.25) is 0 Å². The number of hydrogen-bond donors (Lipinski definition) is 0. The average molecular weight is 406 g/mol. The van der Waals surface area contributed by atoms with Crippen LogP contribution in [0.5, 0.6) is 0 Å². The molecule has 0 N–H and O–H groups in total. The molecule has 0 spiro atoms. The van der Waals surface area contributed by atoms with Crippen molar-refractivity contribution in [3.8, 4) is 6.07 Å². The van der Waals surface area contributed by atoms with Crippen molar-refractivity contribution in [2.24, 2.45) is 0 Å². The molecule has 7 heteroatoms. The van der Waals surface area contributed by atoms with E-state index in [1.54, 1.807) is 11.0 Å². The van der Waals surface area contributed by atoms with E-state index < -0.39 is 11.7 Å². The number of allylic oxidation sites excluding steroid dienone is 1. The molecule has 156 valence electrons. The van der Waals surface area contributed by atoms with Gasteiger partial charge in [-0.2, -0.15) is 18.4 Å². The van der Waals surface area contributed by atoms with Gasteiger partial charge in [-0.15, -0.1) is 0 Å². The van der Waals surface area contributed by atoms with E-state index in [0.717, 1.165) is 37.8 Å². The van der Waals surface area contributed by atoms with Gasteiger partial charge in [0.25, 0.3) is 0 Å². The predicted molar refractivity (Wildman–Crippen MR) is 103 cm³/mol. The molecule has 0 bridgehead atoms. The number of nitriles is 1. The van der Waals surface area contributed by atoms with E-state index in [1.807, 2.05) is 0 Å². The summed E-state index contributed by atoms with van der Waals surface area (Å²) < 4.78 is 38.3. The van der Waals surface area contributed by atoms with Crippen LogP contribution in [0.25, 0.3) is 0 Å². The Kier molecular flexibility index (Phi) is 8.44. The van der Waals surface area contributed by atoms with Crippen molar-refractivity contribution in [3.05, 3.63) is 47.5 Å². The maximum Gasteiger partial charge on any atom is 0.416 e. The molecule has 1 aliphatic rings. The zero-order chi connectivity index (χ0) is 21.3. The van der Waals surface area contributed by atoms with Crippen LogP contribution in [-0.4, -0.2) is 29.2 Å². The first-order chi connectivity index (χ1) is 13.8. The zero-order valence-corrected chi connectivity index (χ0v) is 16.3. The largest absolute Gasteiger partial charge is 0.416 e. The van der Waals surface area contributed by atoms with Gasteiger partial charge < -0.3 is 4.90 Å². The van der Waals surface area contributed by atoms with Crippen molar-refractivity contribution >= 4 is 11.7 Å². The first kappa shape index (κ1) is 22.7. The molecule has 1 amide bonds. The number of hydrogen-bond acceptors (Lipinski definition) is 3. The van der Waals surface area contributed by atoms with Gasteiger partial charge in [-0.1, -0.05) is 37.1 Å². The Morgan fingerprint density at radius 2 is 2.00 bits per heavy atom. The van der Waals surface area contributed by atoms with Gasteiger partial charge in [0.05, 0.1) is 17.7 Å². The molecule has 0 saturated carbocycles. The van der Waals surface area contributed by atoms with Crippen LogP contribution in [0.1, 0.15) is 56.1 Å². The Labute approximate surface area is 169 Å². The smallest absolute Gasteiger partial charge is 0.336 e. The molecular weight excluding hydrogens is 381 g/mol. The minimum Gasteiger partial charge on any atom is -0.336 e. The zero-order valence-electron chi connectivity index (χ0n) is 16.3. The van der Waals surface area contributed by atoms with Gasteiger partial charge in [-0.05, 0) is 37.0 Å². The SMILES string of the molecule is N#CCCCCCCN1C(=O)CCC1/C=C/C(=O)Cc1cccc(C(F)(F)F)c1. The highest BCUT2D eigenvalue weighted by molar-refractivity contribution is 5.91. The van der Waals surface area contributed by atoms with Crippen molar-refractivity contribution in [2.45, 2.75) is 63.6 Å². The van der Waals surface area contributed by atoms with E-state index in [0.29, 0.717) is 31.4 Å². The maximum atomic E-state index is 12.8. The highest BCUT2D eigenvalue weighted by Crippen LogP contribution is 2.29. The van der Waals surface area contributed by atoms with Crippen molar-refractivity contribution in [3.63, 3.8) is 0 Å². The normalized spacial score (nSPS) is 17.1. The van der Waals surface area contributed by atoms with Crippen LogP contribution in [0.4, 0.5) is 13.2 Å². The maximum absolute atomic E-state index is 12.8. The molecule has 1 saturated heterocycles. The van der Waals surface area contributed by atoms with Crippen LogP contribution in [0.15, 0.2) is 36.4 Å². The fourth-order valence-corrected chi connectivity index (χ4v) is 3.42. The third-order valence-corrected chi connectivity index (χ3v) is 4.95. The summed E-state index contributed by atoms with van der Waals surface area (Å²) in [5, 5.41) is 8.52. The molecule has 1 aromatic rings. The Bertz CT molecular complexity index is 781. The molecule has 2 rings (SSSR count). The number of carbonyl (C=O) groups is 2. The van der Waals surface area contributed by atoms with Gasteiger partial charge in [0, 0.05) is 25.8 Å². The van der Waals surface area contributed by atoms with Crippen molar-refractivity contribution in [1.82, 2.24) is 4.90 Å². The molecule has 1 aliphatic heterocycles. The summed E-state index contributed by atoms with van der Waals surface area (Å²) in [6.07, 6.45) is 3.74. The van der Waals surface area contributed by atoms with E-state index in [9.17, 15) is 22.8 Å². The van der Waals surface area contributed by atoms with Crippen LogP contribution >= 0.6 is 0 Å². The first-order valence-electron chi connectivity index (χ1n) is 9.85. The van der Waals surface area contributed by atoms with Gasteiger partial charge >= 0.3 is 6.18 Å². The van der Waals surface area contributed by atoms with Crippen molar-refractivity contribution < 1.29 is 22.8 Å². The third-order valence-electron chi connectivity index (χ3n) is 4.95. The summed E-state index contributed by atoms with van der Waals surface area (Å²) in [4.78, 5) is 26.0. The minimum absolute atomic E-state index is 0.0574. The third kappa shape index (κ3) is 7.37. The number of nitrogens with zero attached hydrogens (tertiary/aromatic N) is 2. The summed E-state index contributed by atoms with van der Waals surface area (Å²) in [5.41, 5.74) is -0.458. The van der Waals surface area contributed by atoms with E-state index in [-0.39, 0.29) is 24.2 Å². The Hall–Kier alpha value is -2.62. The fraction of sp³-hybridized carbons (Fsp3) is 0.500. The number of amides is 1. The number of benzene rings is 1. The Morgan fingerprint density at radius 1 is 1.24 bits per heavy atom. The lowest BCUT2D eigenvalue weighted by atomic mass is 10.0. The lowest BCUT2D eigenvalue weighted by Crippen LogP contribution is -2.32. The number of carbonyl (C=O) groups excluding carboxylic acids is 2. The summed E-state index contributed by atoms with van der Waals surface area (Å²) in [5.74, 6) is -0.234.